The molecular formula is C12H8FN3. The smallest absolute Gasteiger partial charge is 0.221 e. The highest BCUT2D eigenvalue weighted by molar-refractivity contribution is 5.61. The van der Waals surface area contributed by atoms with E-state index in [0.29, 0.717) is 16.8 Å². The average Bonchev–Trinajstić information content (AvgIpc) is 2.31. The highest BCUT2D eigenvalue weighted by atomic mass is 19.1. The molecule has 0 aliphatic heterocycles. The number of nitriles is 1. The topological polar surface area (TPSA) is 49.6 Å². The summed E-state index contributed by atoms with van der Waals surface area (Å²) in [6, 6.07) is 8.69. The standard InChI is InChI=1S/C12H8FN3/c13-12-11(9-2-1-7-15-8-9)4-3-10(16-12)5-6-14/h1-4,7-8H,5H2. The van der Waals surface area contributed by atoms with Gasteiger partial charge in [0.1, 0.15) is 0 Å². The monoisotopic (exact) mass is 213 g/mol. The molecule has 16 heavy (non-hydrogen) atoms. The van der Waals surface area contributed by atoms with Crippen LogP contribution in [-0.2, 0) is 6.42 Å². The van der Waals surface area contributed by atoms with E-state index in [4.69, 9.17) is 5.26 Å². The fraction of sp³-hybridized carbons (Fsp3) is 0.0833. The molecule has 2 aromatic rings. The van der Waals surface area contributed by atoms with Crippen molar-refractivity contribution in [3.8, 4) is 17.2 Å². The summed E-state index contributed by atoms with van der Waals surface area (Å²) in [5.41, 5.74) is 1.51. The number of hydrogen-bond acceptors (Lipinski definition) is 3. The normalized spacial score (nSPS) is 9.75. The van der Waals surface area contributed by atoms with Crippen LogP contribution in [0, 0.1) is 17.3 Å². The zero-order valence-electron chi connectivity index (χ0n) is 8.39. The highest BCUT2D eigenvalue weighted by Crippen LogP contribution is 2.20. The van der Waals surface area contributed by atoms with Crippen LogP contribution in [0.3, 0.4) is 0 Å². The van der Waals surface area contributed by atoms with E-state index in [1.54, 1.807) is 36.7 Å². The fourth-order valence-corrected chi connectivity index (χ4v) is 1.39. The van der Waals surface area contributed by atoms with Crippen LogP contribution in [0.25, 0.3) is 11.1 Å². The van der Waals surface area contributed by atoms with Crippen LogP contribution in [0.1, 0.15) is 5.69 Å². The predicted molar refractivity (Wildman–Crippen MR) is 56.7 cm³/mol. The van der Waals surface area contributed by atoms with Gasteiger partial charge in [-0.3, -0.25) is 4.98 Å². The van der Waals surface area contributed by atoms with Crippen molar-refractivity contribution in [2.24, 2.45) is 0 Å². The second kappa shape index (κ2) is 4.49. The van der Waals surface area contributed by atoms with Gasteiger partial charge >= 0.3 is 0 Å². The number of pyridine rings is 2. The van der Waals surface area contributed by atoms with Crippen molar-refractivity contribution in [3.05, 3.63) is 48.3 Å². The lowest BCUT2D eigenvalue weighted by Gasteiger charge is -2.02. The molecule has 0 amide bonds. The van der Waals surface area contributed by atoms with Crippen molar-refractivity contribution in [2.75, 3.05) is 0 Å². The molecule has 0 saturated heterocycles. The first-order chi connectivity index (χ1) is 7.81. The Hall–Kier alpha value is -2.28. The Kier molecular flexibility index (Phi) is 2.88. The maximum absolute atomic E-state index is 13.6. The number of hydrogen-bond donors (Lipinski definition) is 0. The predicted octanol–water partition coefficient (Wildman–Crippen LogP) is 2.35. The maximum atomic E-state index is 13.6. The summed E-state index contributed by atoms with van der Waals surface area (Å²) >= 11 is 0. The molecule has 2 rings (SSSR count). The molecule has 3 nitrogen and oxygen atoms in total. The third-order valence-electron chi connectivity index (χ3n) is 2.14. The van der Waals surface area contributed by atoms with Gasteiger partial charge in [-0.15, -0.1) is 0 Å². The van der Waals surface area contributed by atoms with E-state index < -0.39 is 5.95 Å². The minimum atomic E-state index is -0.569. The van der Waals surface area contributed by atoms with Crippen molar-refractivity contribution in [1.82, 2.24) is 9.97 Å². The lowest BCUT2D eigenvalue weighted by atomic mass is 10.1. The second-order valence-electron chi connectivity index (χ2n) is 3.22. The largest absolute Gasteiger partial charge is 0.264 e. The summed E-state index contributed by atoms with van der Waals surface area (Å²) in [5, 5.41) is 8.47. The van der Waals surface area contributed by atoms with Gasteiger partial charge in [0.2, 0.25) is 5.95 Å². The highest BCUT2D eigenvalue weighted by Gasteiger charge is 2.07. The van der Waals surface area contributed by atoms with Gasteiger partial charge in [-0.2, -0.15) is 9.65 Å². The van der Waals surface area contributed by atoms with Crippen molar-refractivity contribution < 1.29 is 4.39 Å². The Labute approximate surface area is 92.2 Å². The molecule has 0 unspecified atom stereocenters. The van der Waals surface area contributed by atoms with Gasteiger partial charge in [-0.05, 0) is 18.2 Å². The quantitative estimate of drug-likeness (QED) is 0.719. The van der Waals surface area contributed by atoms with Gasteiger partial charge in [0.25, 0.3) is 0 Å². The third kappa shape index (κ3) is 2.04. The second-order valence-corrected chi connectivity index (χ2v) is 3.22. The molecule has 0 aliphatic carbocycles. The Morgan fingerprint density at radius 1 is 1.31 bits per heavy atom. The van der Waals surface area contributed by atoms with E-state index in [1.165, 1.54) is 0 Å². The zero-order chi connectivity index (χ0) is 11.4. The Morgan fingerprint density at radius 3 is 2.81 bits per heavy atom. The summed E-state index contributed by atoms with van der Waals surface area (Å²) in [5.74, 6) is -0.569. The first-order valence-corrected chi connectivity index (χ1v) is 4.74. The zero-order valence-corrected chi connectivity index (χ0v) is 8.39. The SMILES string of the molecule is N#CCc1ccc(-c2cccnc2)c(F)n1. The van der Waals surface area contributed by atoms with Gasteiger partial charge in [0.15, 0.2) is 0 Å². The van der Waals surface area contributed by atoms with Gasteiger partial charge in [0.05, 0.1) is 18.2 Å². The van der Waals surface area contributed by atoms with Gasteiger partial charge < -0.3 is 0 Å². The maximum Gasteiger partial charge on any atom is 0.221 e. The number of aromatic nitrogens is 2. The van der Waals surface area contributed by atoms with Crippen LogP contribution >= 0.6 is 0 Å². The van der Waals surface area contributed by atoms with Gasteiger partial charge in [-0.1, -0.05) is 6.07 Å². The summed E-state index contributed by atoms with van der Waals surface area (Å²) in [7, 11) is 0. The Bertz CT molecular complexity index is 532. The summed E-state index contributed by atoms with van der Waals surface area (Å²) in [6.07, 6.45) is 3.31. The summed E-state index contributed by atoms with van der Waals surface area (Å²) < 4.78 is 13.6. The van der Waals surface area contributed by atoms with Crippen LogP contribution in [0.2, 0.25) is 0 Å². The lowest BCUT2D eigenvalue weighted by Crippen LogP contribution is -1.94. The van der Waals surface area contributed by atoms with Crippen molar-refractivity contribution >= 4 is 0 Å². The van der Waals surface area contributed by atoms with E-state index in [2.05, 4.69) is 9.97 Å². The van der Waals surface area contributed by atoms with Gasteiger partial charge in [-0.25, -0.2) is 4.98 Å². The molecule has 0 fully saturated rings. The summed E-state index contributed by atoms with van der Waals surface area (Å²) in [6.45, 7) is 0. The van der Waals surface area contributed by atoms with E-state index >= 15 is 0 Å². The molecular weight excluding hydrogens is 205 g/mol. The third-order valence-corrected chi connectivity index (χ3v) is 2.14. The first kappa shape index (κ1) is 10.2. The van der Waals surface area contributed by atoms with Crippen LogP contribution in [0.5, 0.6) is 0 Å². The van der Waals surface area contributed by atoms with E-state index in [9.17, 15) is 4.39 Å². The molecule has 4 heteroatoms. The lowest BCUT2D eigenvalue weighted by molar-refractivity contribution is 0.582. The van der Waals surface area contributed by atoms with Crippen molar-refractivity contribution in [3.63, 3.8) is 0 Å². The average molecular weight is 213 g/mol. The van der Waals surface area contributed by atoms with E-state index in [-0.39, 0.29) is 6.42 Å². The molecule has 2 aromatic heterocycles. The van der Waals surface area contributed by atoms with E-state index in [0.717, 1.165) is 0 Å². The molecule has 0 saturated carbocycles. The Balaban J connectivity index is 2.41. The number of rotatable bonds is 2. The first-order valence-electron chi connectivity index (χ1n) is 4.74. The molecule has 0 aliphatic rings. The molecule has 0 aromatic carbocycles. The van der Waals surface area contributed by atoms with Gasteiger partial charge in [0, 0.05) is 23.5 Å². The van der Waals surface area contributed by atoms with Crippen molar-refractivity contribution in [2.45, 2.75) is 6.42 Å². The number of halogens is 1. The molecule has 0 atom stereocenters. The Morgan fingerprint density at radius 2 is 2.19 bits per heavy atom. The van der Waals surface area contributed by atoms with E-state index in [1.807, 2.05) is 6.07 Å². The van der Waals surface area contributed by atoms with Crippen LogP contribution in [0.15, 0.2) is 36.7 Å². The molecule has 0 N–H and O–H groups in total. The van der Waals surface area contributed by atoms with Crippen LogP contribution in [0.4, 0.5) is 4.39 Å². The number of nitrogens with zero attached hydrogens (tertiary/aromatic N) is 3. The minimum absolute atomic E-state index is 0.115. The fourth-order valence-electron chi connectivity index (χ4n) is 1.39. The summed E-state index contributed by atoms with van der Waals surface area (Å²) in [4.78, 5) is 7.64. The van der Waals surface area contributed by atoms with Crippen LogP contribution < -0.4 is 0 Å². The van der Waals surface area contributed by atoms with Crippen LogP contribution in [-0.4, -0.2) is 9.97 Å². The molecule has 78 valence electrons. The molecule has 0 spiro atoms. The minimum Gasteiger partial charge on any atom is -0.264 e. The molecule has 0 bridgehead atoms. The van der Waals surface area contributed by atoms with Crippen molar-refractivity contribution in [1.29, 1.82) is 5.26 Å². The molecule has 2 heterocycles. The molecule has 0 radical (unpaired) electrons.